The Morgan fingerprint density at radius 2 is 2.24 bits per heavy atom. The summed E-state index contributed by atoms with van der Waals surface area (Å²) in [4.78, 5) is 22.9. The van der Waals surface area contributed by atoms with Crippen LogP contribution < -0.4 is 5.32 Å². The zero-order valence-electron chi connectivity index (χ0n) is 10.2. The van der Waals surface area contributed by atoms with Crippen LogP contribution in [-0.2, 0) is 11.8 Å². The quantitative estimate of drug-likeness (QED) is 0.790. The first-order chi connectivity index (χ1) is 7.97. The fourth-order valence-electron chi connectivity index (χ4n) is 1.49. The lowest BCUT2D eigenvalue weighted by Crippen LogP contribution is -2.45. The molecule has 0 saturated carbocycles. The maximum absolute atomic E-state index is 11.8. The van der Waals surface area contributed by atoms with Gasteiger partial charge in [0, 0.05) is 13.2 Å². The van der Waals surface area contributed by atoms with Gasteiger partial charge in [0.15, 0.2) is 0 Å². The van der Waals surface area contributed by atoms with E-state index in [1.165, 1.54) is 10.9 Å². The van der Waals surface area contributed by atoms with Gasteiger partial charge in [0.25, 0.3) is 5.91 Å². The second-order valence-electron chi connectivity index (χ2n) is 4.01. The third kappa shape index (κ3) is 3.05. The number of aliphatic carboxylic acids is 1. The normalized spacial score (nSPS) is 14.1. The number of aromatic nitrogens is 2. The van der Waals surface area contributed by atoms with Crippen molar-refractivity contribution in [3.8, 4) is 0 Å². The van der Waals surface area contributed by atoms with Crippen molar-refractivity contribution in [3.63, 3.8) is 0 Å². The lowest BCUT2D eigenvalue weighted by atomic mass is 9.99. The van der Waals surface area contributed by atoms with Gasteiger partial charge in [-0.15, -0.1) is 0 Å². The van der Waals surface area contributed by atoms with E-state index in [0.29, 0.717) is 12.1 Å². The summed E-state index contributed by atoms with van der Waals surface area (Å²) in [5.74, 6) is -1.56. The van der Waals surface area contributed by atoms with Crippen LogP contribution in [0.1, 0.15) is 30.8 Å². The van der Waals surface area contributed by atoms with Crippen LogP contribution in [0.15, 0.2) is 12.3 Å². The van der Waals surface area contributed by atoms with E-state index in [1.54, 1.807) is 20.0 Å². The SMILES string of the molecule is CCC(C)C(NC(=O)c1ccnn1C)C(=O)O. The molecule has 17 heavy (non-hydrogen) atoms. The molecule has 94 valence electrons. The highest BCUT2D eigenvalue weighted by molar-refractivity contribution is 5.95. The van der Waals surface area contributed by atoms with Gasteiger partial charge in [0.1, 0.15) is 11.7 Å². The molecule has 0 radical (unpaired) electrons. The molecular weight excluding hydrogens is 222 g/mol. The molecule has 0 aliphatic carbocycles. The van der Waals surface area contributed by atoms with Crippen LogP contribution in [0.2, 0.25) is 0 Å². The van der Waals surface area contributed by atoms with Gasteiger partial charge in [0.05, 0.1) is 0 Å². The highest BCUT2D eigenvalue weighted by Crippen LogP contribution is 2.09. The standard InChI is InChI=1S/C11H17N3O3/c1-4-7(2)9(11(16)17)13-10(15)8-5-6-12-14(8)3/h5-7,9H,4H2,1-3H3,(H,13,15)(H,16,17). The average Bonchev–Trinajstić information content (AvgIpc) is 2.70. The van der Waals surface area contributed by atoms with Gasteiger partial charge in [-0.1, -0.05) is 20.3 Å². The summed E-state index contributed by atoms with van der Waals surface area (Å²) in [7, 11) is 1.63. The lowest BCUT2D eigenvalue weighted by Gasteiger charge is -2.19. The van der Waals surface area contributed by atoms with Crippen LogP contribution in [0.25, 0.3) is 0 Å². The Balaban J connectivity index is 2.78. The maximum atomic E-state index is 11.8. The van der Waals surface area contributed by atoms with Crippen LogP contribution >= 0.6 is 0 Å². The molecule has 0 aliphatic heterocycles. The molecule has 1 heterocycles. The van der Waals surface area contributed by atoms with E-state index < -0.39 is 17.9 Å². The molecule has 2 unspecified atom stereocenters. The summed E-state index contributed by atoms with van der Waals surface area (Å²) in [6.07, 6.45) is 2.18. The zero-order chi connectivity index (χ0) is 13.0. The molecular formula is C11H17N3O3. The number of carboxylic acids is 1. The van der Waals surface area contributed by atoms with Gasteiger partial charge in [-0.2, -0.15) is 5.10 Å². The molecule has 0 aliphatic rings. The minimum atomic E-state index is -1.02. The number of hydrogen-bond acceptors (Lipinski definition) is 3. The number of nitrogens with zero attached hydrogens (tertiary/aromatic N) is 2. The van der Waals surface area contributed by atoms with Crippen LogP contribution in [-0.4, -0.2) is 32.8 Å². The predicted octanol–water partition coefficient (Wildman–Crippen LogP) is 0.649. The van der Waals surface area contributed by atoms with Gasteiger partial charge < -0.3 is 10.4 Å². The summed E-state index contributed by atoms with van der Waals surface area (Å²) >= 11 is 0. The van der Waals surface area contributed by atoms with E-state index in [0.717, 1.165) is 0 Å². The highest BCUT2D eigenvalue weighted by atomic mass is 16.4. The third-order valence-corrected chi connectivity index (χ3v) is 2.82. The first-order valence-corrected chi connectivity index (χ1v) is 5.49. The Morgan fingerprint density at radius 3 is 2.65 bits per heavy atom. The lowest BCUT2D eigenvalue weighted by molar-refractivity contribution is -0.140. The van der Waals surface area contributed by atoms with Crippen molar-refractivity contribution in [1.29, 1.82) is 0 Å². The molecule has 1 rings (SSSR count). The number of amides is 1. The topological polar surface area (TPSA) is 84.2 Å². The molecule has 2 N–H and O–H groups in total. The van der Waals surface area contributed by atoms with Crippen molar-refractivity contribution in [2.24, 2.45) is 13.0 Å². The first-order valence-electron chi connectivity index (χ1n) is 5.49. The number of nitrogens with one attached hydrogen (secondary N) is 1. The van der Waals surface area contributed by atoms with E-state index >= 15 is 0 Å². The van der Waals surface area contributed by atoms with Crippen molar-refractivity contribution in [3.05, 3.63) is 18.0 Å². The Bertz CT molecular complexity index is 414. The molecule has 0 aromatic carbocycles. The van der Waals surface area contributed by atoms with Crippen LogP contribution in [0.5, 0.6) is 0 Å². The predicted molar refractivity (Wildman–Crippen MR) is 61.6 cm³/mol. The molecule has 6 heteroatoms. The number of aryl methyl sites for hydroxylation is 1. The average molecular weight is 239 g/mol. The van der Waals surface area contributed by atoms with Gasteiger partial charge in [-0.05, 0) is 12.0 Å². The summed E-state index contributed by atoms with van der Waals surface area (Å²) in [6.45, 7) is 3.68. The second-order valence-corrected chi connectivity index (χ2v) is 4.01. The van der Waals surface area contributed by atoms with Crippen molar-refractivity contribution >= 4 is 11.9 Å². The van der Waals surface area contributed by atoms with Crippen LogP contribution in [0.3, 0.4) is 0 Å². The van der Waals surface area contributed by atoms with E-state index in [-0.39, 0.29) is 5.92 Å². The Labute approximate surface area is 99.6 Å². The van der Waals surface area contributed by atoms with E-state index in [2.05, 4.69) is 10.4 Å². The molecule has 0 fully saturated rings. The summed E-state index contributed by atoms with van der Waals surface area (Å²) < 4.78 is 1.41. The largest absolute Gasteiger partial charge is 0.480 e. The van der Waals surface area contributed by atoms with Crippen molar-refractivity contribution in [2.75, 3.05) is 0 Å². The van der Waals surface area contributed by atoms with Gasteiger partial charge >= 0.3 is 5.97 Å². The zero-order valence-corrected chi connectivity index (χ0v) is 10.2. The molecule has 0 spiro atoms. The number of rotatable bonds is 5. The Kier molecular flexibility index (Phi) is 4.25. The molecule has 0 saturated heterocycles. The summed E-state index contributed by atoms with van der Waals surface area (Å²) in [6, 6.07) is 0.674. The monoisotopic (exact) mass is 239 g/mol. The maximum Gasteiger partial charge on any atom is 0.326 e. The van der Waals surface area contributed by atoms with Crippen molar-refractivity contribution in [2.45, 2.75) is 26.3 Å². The second kappa shape index (κ2) is 5.47. The van der Waals surface area contributed by atoms with Crippen molar-refractivity contribution < 1.29 is 14.7 Å². The van der Waals surface area contributed by atoms with Gasteiger partial charge in [-0.25, -0.2) is 4.79 Å². The summed E-state index contributed by atoms with van der Waals surface area (Å²) in [5, 5.41) is 15.4. The molecule has 1 amide bonds. The third-order valence-electron chi connectivity index (χ3n) is 2.82. The Morgan fingerprint density at radius 1 is 1.59 bits per heavy atom. The molecule has 6 nitrogen and oxygen atoms in total. The van der Waals surface area contributed by atoms with Crippen LogP contribution in [0.4, 0.5) is 0 Å². The van der Waals surface area contributed by atoms with E-state index in [9.17, 15) is 9.59 Å². The van der Waals surface area contributed by atoms with Crippen LogP contribution in [0, 0.1) is 5.92 Å². The number of hydrogen-bond donors (Lipinski definition) is 2. The molecule has 2 atom stereocenters. The van der Waals surface area contributed by atoms with E-state index in [1.807, 2.05) is 6.92 Å². The fraction of sp³-hybridized carbons (Fsp3) is 0.545. The highest BCUT2D eigenvalue weighted by Gasteiger charge is 2.26. The molecule has 1 aromatic rings. The Hall–Kier alpha value is -1.85. The minimum Gasteiger partial charge on any atom is -0.480 e. The molecule has 0 bridgehead atoms. The first kappa shape index (κ1) is 13.2. The van der Waals surface area contributed by atoms with E-state index in [4.69, 9.17) is 5.11 Å². The van der Waals surface area contributed by atoms with Crippen molar-refractivity contribution in [1.82, 2.24) is 15.1 Å². The summed E-state index contributed by atoms with van der Waals surface area (Å²) in [5.41, 5.74) is 0.347. The number of carbonyl (C=O) groups excluding carboxylic acids is 1. The molecule has 1 aromatic heterocycles. The smallest absolute Gasteiger partial charge is 0.326 e. The van der Waals surface area contributed by atoms with Gasteiger partial charge in [0.2, 0.25) is 0 Å². The fourth-order valence-corrected chi connectivity index (χ4v) is 1.49. The minimum absolute atomic E-state index is 0.121. The number of carbonyl (C=O) groups is 2. The number of carboxylic acid groups (broad SMARTS) is 1. The van der Waals surface area contributed by atoms with Gasteiger partial charge in [-0.3, -0.25) is 9.48 Å².